The number of aliphatic hydroxyl groups is 1. The minimum Gasteiger partial charge on any atom is -0.379 e. The van der Waals surface area contributed by atoms with Crippen LogP contribution in [-0.2, 0) is 18.4 Å². The van der Waals surface area contributed by atoms with Crippen molar-refractivity contribution in [3.63, 3.8) is 0 Å². The molecular weight excluding hydrogens is 379 g/mol. The third kappa shape index (κ3) is 7.83. The molecule has 1 unspecified atom stereocenters. The third-order valence-electron chi connectivity index (χ3n) is 4.89. The van der Waals surface area contributed by atoms with Crippen molar-refractivity contribution in [1.29, 1.82) is 0 Å². The summed E-state index contributed by atoms with van der Waals surface area (Å²) in [5.74, 6) is -1.10. The van der Waals surface area contributed by atoms with Gasteiger partial charge < -0.3 is 25.2 Å². The van der Waals surface area contributed by atoms with Crippen molar-refractivity contribution < 1.29 is 23.5 Å². The standard InChI is InChI=1S/C17H35N2O5P.ClH/c1-12(2)10-14(18)16(20)19-15(11-13-8-6-5-7-9-13)17(21)25(22,23-3)24-4;/h12-15,17,21H,5-11,18H2,1-4H3,(H,19,20);1H/t14-,15-,17?;/m0./s1. The van der Waals surface area contributed by atoms with Crippen molar-refractivity contribution in [2.45, 2.75) is 76.7 Å². The quantitative estimate of drug-likeness (QED) is 0.474. The highest BCUT2D eigenvalue weighted by atomic mass is 35.5. The highest BCUT2D eigenvalue weighted by molar-refractivity contribution is 7.54. The number of nitrogens with one attached hydrogen (secondary N) is 1. The summed E-state index contributed by atoms with van der Waals surface area (Å²) in [4.78, 5) is 12.4. The van der Waals surface area contributed by atoms with Crippen LogP contribution in [0.1, 0.15) is 58.8 Å². The van der Waals surface area contributed by atoms with Crippen molar-refractivity contribution in [3.8, 4) is 0 Å². The van der Waals surface area contributed by atoms with E-state index < -0.39 is 25.5 Å². The zero-order valence-electron chi connectivity index (χ0n) is 16.3. The van der Waals surface area contributed by atoms with Crippen LogP contribution < -0.4 is 11.1 Å². The molecule has 1 rings (SSSR count). The van der Waals surface area contributed by atoms with Gasteiger partial charge in [-0.1, -0.05) is 46.0 Å². The summed E-state index contributed by atoms with van der Waals surface area (Å²) in [5.41, 5.74) is 5.95. The van der Waals surface area contributed by atoms with E-state index in [4.69, 9.17) is 14.8 Å². The third-order valence-corrected chi connectivity index (χ3v) is 6.92. The van der Waals surface area contributed by atoms with E-state index in [0.717, 1.165) is 25.7 Å². The first-order valence-corrected chi connectivity index (χ1v) is 10.8. The second-order valence-corrected chi connectivity index (χ2v) is 9.75. The largest absolute Gasteiger partial charge is 0.379 e. The van der Waals surface area contributed by atoms with E-state index in [9.17, 15) is 14.5 Å². The molecule has 0 spiro atoms. The van der Waals surface area contributed by atoms with Crippen LogP contribution in [0.15, 0.2) is 0 Å². The Morgan fingerprint density at radius 1 is 1.23 bits per heavy atom. The van der Waals surface area contributed by atoms with Gasteiger partial charge in [-0.05, 0) is 24.7 Å². The molecule has 0 radical (unpaired) electrons. The number of hydrogen-bond acceptors (Lipinski definition) is 6. The number of halogens is 1. The van der Waals surface area contributed by atoms with Gasteiger partial charge in [0.25, 0.3) is 0 Å². The molecule has 0 aromatic rings. The van der Waals surface area contributed by atoms with Crippen LogP contribution in [0.3, 0.4) is 0 Å². The fourth-order valence-electron chi connectivity index (χ4n) is 3.45. The van der Waals surface area contributed by atoms with Crippen molar-refractivity contribution in [3.05, 3.63) is 0 Å². The van der Waals surface area contributed by atoms with Crippen molar-refractivity contribution in [2.24, 2.45) is 17.6 Å². The van der Waals surface area contributed by atoms with Crippen LogP contribution in [0.2, 0.25) is 0 Å². The maximum atomic E-state index is 12.6. The van der Waals surface area contributed by atoms with Crippen molar-refractivity contribution >= 4 is 25.9 Å². The lowest BCUT2D eigenvalue weighted by atomic mass is 9.85. The number of hydrogen-bond donors (Lipinski definition) is 3. The highest BCUT2D eigenvalue weighted by Crippen LogP contribution is 2.52. The van der Waals surface area contributed by atoms with E-state index >= 15 is 0 Å². The van der Waals surface area contributed by atoms with Gasteiger partial charge in [0.15, 0.2) is 5.85 Å². The van der Waals surface area contributed by atoms with E-state index in [2.05, 4.69) is 5.32 Å². The highest BCUT2D eigenvalue weighted by Gasteiger charge is 2.40. The molecule has 4 N–H and O–H groups in total. The monoisotopic (exact) mass is 414 g/mol. The van der Waals surface area contributed by atoms with Gasteiger partial charge in [-0.3, -0.25) is 9.36 Å². The molecule has 0 bridgehead atoms. The topological polar surface area (TPSA) is 111 Å². The zero-order chi connectivity index (χ0) is 19.0. The predicted octanol–water partition coefficient (Wildman–Crippen LogP) is 3.04. The molecule has 0 aromatic heterocycles. The van der Waals surface area contributed by atoms with Crippen LogP contribution >= 0.6 is 20.0 Å². The fraction of sp³-hybridized carbons (Fsp3) is 0.941. The zero-order valence-corrected chi connectivity index (χ0v) is 18.1. The summed E-state index contributed by atoms with van der Waals surface area (Å²) in [7, 11) is -1.24. The van der Waals surface area contributed by atoms with Gasteiger partial charge in [0, 0.05) is 14.2 Å². The molecule has 9 heteroatoms. The smallest absolute Gasteiger partial charge is 0.360 e. The Kier molecular flexibility index (Phi) is 12.2. The molecule has 1 aliphatic rings. The molecule has 1 fully saturated rings. The Hall–Kier alpha value is -0.170. The summed E-state index contributed by atoms with van der Waals surface area (Å²) in [6, 6.07) is -1.37. The molecule has 1 aliphatic carbocycles. The molecule has 26 heavy (non-hydrogen) atoms. The Morgan fingerprint density at radius 3 is 2.23 bits per heavy atom. The van der Waals surface area contributed by atoms with Gasteiger partial charge in [0.2, 0.25) is 5.91 Å². The molecule has 0 aromatic carbocycles. The number of amides is 1. The van der Waals surface area contributed by atoms with E-state index in [1.54, 1.807) is 0 Å². The van der Waals surface area contributed by atoms with Gasteiger partial charge in [0.05, 0.1) is 12.1 Å². The molecule has 0 saturated heterocycles. The lowest BCUT2D eigenvalue weighted by molar-refractivity contribution is -0.124. The number of carbonyl (C=O) groups is 1. The van der Waals surface area contributed by atoms with E-state index in [-0.39, 0.29) is 24.2 Å². The average Bonchev–Trinajstić information content (AvgIpc) is 2.60. The van der Waals surface area contributed by atoms with Gasteiger partial charge >= 0.3 is 7.60 Å². The molecular formula is C17H36ClN2O5P. The van der Waals surface area contributed by atoms with Crippen LogP contribution in [0, 0.1) is 11.8 Å². The minimum atomic E-state index is -3.71. The lowest BCUT2D eigenvalue weighted by Crippen LogP contribution is -2.51. The average molecular weight is 415 g/mol. The molecule has 0 aliphatic heterocycles. The lowest BCUT2D eigenvalue weighted by Gasteiger charge is -2.32. The molecule has 3 atom stereocenters. The van der Waals surface area contributed by atoms with E-state index in [1.165, 1.54) is 20.6 Å². The fourth-order valence-corrected chi connectivity index (χ4v) is 4.67. The number of aliphatic hydroxyl groups excluding tert-OH is 1. The number of rotatable bonds is 10. The molecule has 1 saturated carbocycles. The van der Waals surface area contributed by atoms with Gasteiger partial charge in [-0.25, -0.2) is 0 Å². The van der Waals surface area contributed by atoms with Crippen LogP contribution in [0.4, 0.5) is 0 Å². The van der Waals surface area contributed by atoms with Gasteiger partial charge in [-0.15, -0.1) is 12.4 Å². The molecule has 7 nitrogen and oxygen atoms in total. The Balaban J connectivity index is 0.00000625. The molecule has 1 amide bonds. The van der Waals surface area contributed by atoms with Crippen LogP contribution in [0.25, 0.3) is 0 Å². The maximum Gasteiger partial charge on any atom is 0.360 e. The summed E-state index contributed by atoms with van der Waals surface area (Å²) < 4.78 is 22.4. The summed E-state index contributed by atoms with van der Waals surface area (Å²) in [5, 5.41) is 13.4. The van der Waals surface area contributed by atoms with Gasteiger partial charge in [-0.2, -0.15) is 0 Å². The minimum absolute atomic E-state index is 0. The molecule has 0 heterocycles. The van der Waals surface area contributed by atoms with E-state index in [0.29, 0.717) is 18.8 Å². The van der Waals surface area contributed by atoms with Crippen LogP contribution in [-0.4, -0.2) is 43.2 Å². The first-order valence-electron chi connectivity index (χ1n) is 9.18. The Bertz CT molecular complexity index is 452. The first-order chi connectivity index (χ1) is 11.7. The Morgan fingerprint density at radius 2 is 1.77 bits per heavy atom. The normalized spacial score (nSPS) is 19.5. The second-order valence-electron chi connectivity index (χ2n) is 7.41. The predicted molar refractivity (Wildman–Crippen MR) is 105 cm³/mol. The number of nitrogens with two attached hydrogens (primary N) is 1. The summed E-state index contributed by atoms with van der Waals surface area (Å²) in [6.45, 7) is 3.98. The Labute approximate surface area is 163 Å². The van der Waals surface area contributed by atoms with Crippen molar-refractivity contribution in [1.82, 2.24) is 5.32 Å². The maximum absolute atomic E-state index is 12.6. The number of carbonyl (C=O) groups excluding carboxylic acids is 1. The summed E-state index contributed by atoms with van der Waals surface area (Å²) >= 11 is 0. The SMILES string of the molecule is COP(=O)(OC)C(O)[C@H](CC1CCCCC1)NC(=O)[C@@H](N)CC(C)C.Cl. The van der Waals surface area contributed by atoms with Crippen LogP contribution in [0.5, 0.6) is 0 Å². The second kappa shape index (κ2) is 12.3. The first kappa shape index (κ1) is 25.8. The van der Waals surface area contributed by atoms with Crippen molar-refractivity contribution in [2.75, 3.05) is 14.2 Å². The van der Waals surface area contributed by atoms with E-state index in [1.807, 2.05) is 13.8 Å². The summed E-state index contributed by atoms with van der Waals surface area (Å²) in [6.07, 6.45) is 6.66. The molecule has 156 valence electrons. The van der Waals surface area contributed by atoms with Gasteiger partial charge in [0.1, 0.15) is 0 Å².